The van der Waals surface area contributed by atoms with E-state index in [4.69, 9.17) is 4.99 Å². The van der Waals surface area contributed by atoms with E-state index in [2.05, 4.69) is 114 Å². The summed E-state index contributed by atoms with van der Waals surface area (Å²) >= 11 is 0. The maximum atomic E-state index is 5.17. The van der Waals surface area contributed by atoms with E-state index in [-0.39, 0.29) is 5.41 Å². The molecule has 3 aromatic carbocycles. The van der Waals surface area contributed by atoms with E-state index < -0.39 is 0 Å². The van der Waals surface area contributed by atoms with Gasteiger partial charge in [0.2, 0.25) is 0 Å². The van der Waals surface area contributed by atoms with Crippen LogP contribution in [0.4, 0.5) is 17.1 Å². The standard InChI is InChI=1S/C28H32N2/c1-18(2)21-14-10-15-22(19(3)4)25(21)29-24-17-11-16-23-26(24)30-27(28(23,5)6)20-12-8-7-9-13-20/h7-19,29H,1-6H3. The Bertz CT molecular complexity index is 1060. The van der Waals surface area contributed by atoms with Crippen molar-refractivity contribution in [2.45, 2.75) is 58.8 Å². The fourth-order valence-corrected chi connectivity index (χ4v) is 4.50. The quantitative estimate of drug-likeness (QED) is 0.463. The first-order valence-corrected chi connectivity index (χ1v) is 11.0. The summed E-state index contributed by atoms with van der Waals surface area (Å²) in [6, 6.07) is 23.7. The molecule has 1 heterocycles. The van der Waals surface area contributed by atoms with Crippen molar-refractivity contribution in [1.82, 2.24) is 0 Å². The molecule has 30 heavy (non-hydrogen) atoms. The highest BCUT2D eigenvalue weighted by molar-refractivity contribution is 6.13. The molecule has 0 radical (unpaired) electrons. The Kier molecular flexibility index (Phi) is 5.27. The number of benzene rings is 3. The van der Waals surface area contributed by atoms with Gasteiger partial charge in [0.1, 0.15) is 0 Å². The third kappa shape index (κ3) is 3.45. The summed E-state index contributed by atoms with van der Waals surface area (Å²) in [5.41, 5.74) is 9.55. The lowest BCUT2D eigenvalue weighted by Gasteiger charge is -2.24. The molecule has 0 atom stereocenters. The molecule has 154 valence electrons. The summed E-state index contributed by atoms with van der Waals surface area (Å²) in [4.78, 5) is 5.17. The predicted octanol–water partition coefficient (Wildman–Crippen LogP) is 8.09. The first-order valence-electron chi connectivity index (χ1n) is 11.0. The molecule has 2 heteroatoms. The lowest BCUT2D eigenvalue weighted by atomic mass is 9.79. The molecule has 4 rings (SSSR count). The van der Waals surface area contributed by atoms with E-state index in [9.17, 15) is 0 Å². The van der Waals surface area contributed by atoms with Gasteiger partial charge in [-0.3, -0.25) is 0 Å². The zero-order chi connectivity index (χ0) is 21.5. The second kappa shape index (κ2) is 7.75. The van der Waals surface area contributed by atoms with Gasteiger partial charge in [-0.2, -0.15) is 0 Å². The van der Waals surface area contributed by atoms with E-state index in [0.29, 0.717) is 11.8 Å². The number of para-hydroxylation sites is 2. The molecular formula is C28H32N2. The SMILES string of the molecule is CC(C)c1cccc(C(C)C)c1Nc1cccc2c1N=C(c1ccccc1)C2(C)C. The average Bonchev–Trinajstić information content (AvgIpc) is 3.00. The van der Waals surface area contributed by atoms with Gasteiger partial charge in [-0.05, 0) is 40.2 Å². The van der Waals surface area contributed by atoms with Crippen LogP contribution in [0.3, 0.4) is 0 Å². The van der Waals surface area contributed by atoms with Gasteiger partial charge in [0, 0.05) is 11.1 Å². The van der Waals surface area contributed by atoms with Gasteiger partial charge < -0.3 is 5.32 Å². The van der Waals surface area contributed by atoms with Gasteiger partial charge in [0.05, 0.1) is 17.1 Å². The molecule has 0 unspecified atom stereocenters. The number of hydrogen-bond donors (Lipinski definition) is 1. The molecule has 1 N–H and O–H groups in total. The Hall–Kier alpha value is -2.87. The van der Waals surface area contributed by atoms with Crippen LogP contribution < -0.4 is 5.32 Å². The smallest absolute Gasteiger partial charge is 0.0909 e. The topological polar surface area (TPSA) is 24.4 Å². The molecule has 0 aromatic heterocycles. The highest BCUT2D eigenvalue weighted by Gasteiger charge is 2.36. The Morgan fingerprint density at radius 1 is 0.733 bits per heavy atom. The van der Waals surface area contributed by atoms with Crippen LogP contribution in [-0.2, 0) is 5.41 Å². The number of hydrogen-bond acceptors (Lipinski definition) is 2. The summed E-state index contributed by atoms with van der Waals surface area (Å²) in [6.45, 7) is 13.6. The highest BCUT2D eigenvalue weighted by atomic mass is 14.9. The zero-order valence-electron chi connectivity index (χ0n) is 19.0. The number of anilines is 2. The Labute approximate surface area is 181 Å². The van der Waals surface area contributed by atoms with Gasteiger partial charge in [-0.15, -0.1) is 0 Å². The van der Waals surface area contributed by atoms with Gasteiger partial charge in [0.15, 0.2) is 0 Å². The Balaban J connectivity index is 1.85. The largest absolute Gasteiger partial charge is 0.353 e. The lowest BCUT2D eigenvalue weighted by molar-refractivity contribution is 0.737. The van der Waals surface area contributed by atoms with E-state index >= 15 is 0 Å². The maximum Gasteiger partial charge on any atom is 0.0909 e. The molecule has 3 aromatic rings. The van der Waals surface area contributed by atoms with Crippen LogP contribution in [0.2, 0.25) is 0 Å². The normalized spacial score (nSPS) is 14.7. The molecule has 1 aliphatic rings. The van der Waals surface area contributed by atoms with Gasteiger partial charge in [-0.1, -0.05) is 102 Å². The molecule has 1 aliphatic heterocycles. The Morgan fingerprint density at radius 2 is 1.33 bits per heavy atom. The van der Waals surface area contributed by atoms with Crippen LogP contribution in [0.25, 0.3) is 0 Å². The van der Waals surface area contributed by atoms with E-state index in [1.807, 2.05) is 0 Å². The fraction of sp³-hybridized carbons (Fsp3) is 0.321. The number of nitrogens with one attached hydrogen (secondary N) is 1. The van der Waals surface area contributed by atoms with Crippen molar-refractivity contribution in [3.8, 4) is 0 Å². The summed E-state index contributed by atoms with van der Waals surface area (Å²) in [5, 5.41) is 3.81. The van der Waals surface area contributed by atoms with Gasteiger partial charge in [-0.25, -0.2) is 4.99 Å². The van der Waals surface area contributed by atoms with Crippen molar-refractivity contribution in [3.05, 3.63) is 89.0 Å². The lowest BCUT2D eigenvalue weighted by Crippen LogP contribution is -2.26. The number of aliphatic imine (C=N–C) groups is 1. The minimum absolute atomic E-state index is 0.132. The van der Waals surface area contributed by atoms with E-state index in [0.717, 1.165) is 17.1 Å². The molecule has 0 saturated heterocycles. The molecule has 0 spiro atoms. The molecular weight excluding hydrogens is 364 g/mol. The predicted molar refractivity (Wildman–Crippen MR) is 130 cm³/mol. The summed E-state index contributed by atoms with van der Waals surface area (Å²) in [6.07, 6.45) is 0. The number of rotatable bonds is 5. The molecule has 0 bridgehead atoms. The van der Waals surface area contributed by atoms with Crippen molar-refractivity contribution >= 4 is 22.8 Å². The van der Waals surface area contributed by atoms with Crippen molar-refractivity contribution in [1.29, 1.82) is 0 Å². The van der Waals surface area contributed by atoms with Crippen LogP contribution in [-0.4, -0.2) is 5.71 Å². The number of nitrogens with zero attached hydrogens (tertiary/aromatic N) is 1. The first kappa shape index (κ1) is 20.4. The monoisotopic (exact) mass is 396 g/mol. The highest BCUT2D eigenvalue weighted by Crippen LogP contribution is 2.47. The Morgan fingerprint density at radius 3 is 1.93 bits per heavy atom. The van der Waals surface area contributed by atoms with Crippen molar-refractivity contribution in [2.75, 3.05) is 5.32 Å². The van der Waals surface area contributed by atoms with Crippen molar-refractivity contribution in [2.24, 2.45) is 4.99 Å². The first-order chi connectivity index (χ1) is 14.3. The van der Waals surface area contributed by atoms with E-state index in [1.54, 1.807) is 0 Å². The van der Waals surface area contributed by atoms with E-state index in [1.165, 1.54) is 27.9 Å². The van der Waals surface area contributed by atoms with Gasteiger partial charge in [0.25, 0.3) is 0 Å². The van der Waals surface area contributed by atoms with Crippen LogP contribution in [0.15, 0.2) is 71.7 Å². The molecule has 0 fully saturated rings. The van der Waals surface area contributed by atoms with Gasteiger partial charge >= 0.3 is 0 Å². The van der Waals surface area contributed by atoms with Crippen LogP contribution in [0.5, 0.6) is 0 Å². The second-order valence-electron chi connectivity index (χ2n) is 9.40. The van der Waals surface area contributed by atoms with Crippen LogP contribution in [0, 0.1) is 0 Å². The molecule has 0 amide bonds. The molecule has 0 aliphatic carbocycles. The van der Waals surface area contributed by atoms with Crippen molar-refractivity contribution in [3.63, 3.8) is 0 Å². The third-order valence-electron chi connectivity index (χ3n) is 6.20. The second-order valence-corrected chi connectivity index (χ2v) is 9.40. The zero-order valence-corrected chi connectivity index (χ0v) is 19.0. The minimum atomic E-state index is -0.132. The minimum Gasteiger partial charge on any atom is -0.353 e. The summed E-state index contributed by atoms with van der Waals surface area (Å²) in [5.74, 6) is 0.894. The molecule has 2 nitrogen and oxygen atoms in total. The molecule has 0 saturated carbocycles. The van der Waals surface area contributed by atoms with Crippen LogP contribution in [0.1, 0.15) is 75.6 Å². The maximum absolute atomic E-state index is 5.17. The fourth-order valence-electron chi connectivity index (χ4n) is 4.50. The summed E-state index contributed by atoms with van der Waals surface area (Å²) < 4.78 is 0. The third-order valence-corrected chi connectivity index (χ3v) is 6.20. The average molecular weight is 397 g/mol. The van der Waals surface area contributed by atoms with Crippen LogP contribution >= 0.6 is 0 Å². The van der Waals surface area contributed by atoms with Crippen molar-refractivity contribution < 1.29 is 0 Å². The summed E-state index contributed by atoms with van der Waals surface area (Å²) in [7, 11) is 0. The number of fused-ring (bicyclic) bond motifs is 1.